The molecule has 23 heavy (non-hydrogen) atoms. The fraction of sp³-hybridized carbons (Fsp3) is 0.350. The molecule has 2 atom stereocenters. The first-order valence-corrected chi connectivity index (χ1v) is 8.22. The maximum Gasteiger partial charge on any atom is 0.248 e. The topological polar surface area (TPSA) is 42.2 Å². The second-order valence-corrected chi connectivity index (χ2v) is 6.62. The van der Waals surface area contributed by atoms with Gasteiger partial charge in [-0.15, -0.1) is 0 Å². The van der Waals surface area contributed by atoms with Crippen LogP contribution >= 0.6 is 0 Å². The number of furan rings is 1. The highest BCUT2D eigenvalue weighted by atomic mass is 16.3. The van der Waals surface area contributed by atoms with Crippen molar-refractivity contribution in [1.29, 1.82) is 0 Å². The molecule has 0 saturated heterocycles. The zero-order valence-corrected chi connectivity index (χ0v) is 13.9. The van der Waals surface area contributed by atoms with E-state index in [1.165, 1.54) is 12.5 Å². The average molecular weight is 309 g/mol. The summed E-state index contributed by atoms with van der Waals surface area (Å²) in [6, 6.07) is 11.8. The molecule has 1 aromatic carbocycles. The van der Waals surface area contributed by atoms with Gasteiger partial charge >= 0.3 is 0 Å². The largest absolute Gasteiger partial charge is 0.461 e. The molecule has 1 aromatic heterocycles. The van der Waals surface area contributed by atoms with E-state index in [-0.39, 0.29) is 5.91 Å². The van der Waals surface area contributed by atoms with Crippen LogP contribution in [0.25, 0.3) is 6.08 Å². The van der Waals surface area contributed by atoms with E-state index in [2.05, 4.69) is 26.1 Å². The number of hydrogen-bond acceptors (Lipinski definition) is 2. The number of amides is 1. The Labute approximate surface area is 137 Å². The number of para-hydroxylation sites is 1. The second kappa shape index (κ2) is 6.45. The molecule has 1 saturated carbocycles. The molecule has 0 unspecified atom stereocenters. The Bertz CT molecular complexity index is 727. The molecule has 1 aliphatic carbocycles. The average Bonchev–Trinajstić information content (AvgIpc) is 3.07. The van der Waals surface area contributed by atoms with Crippen LogP contribution < -0.4 is 5.32 Å². The van der Waals surface area contributed by atoms with E-state index >= 15 is 0 Å². The summed E-state index contributed by atoms with van der Waals surface area (Å²) < 4.78 is 5.77. The van der Waals surface area contributed by atoms with Gasteiger partial charge in [-0.2, -0.15) is 0 Å². The SMILES string of the molecule is CC(C)c1ccccc1NC(=O)/C=C/c1ccc([C@H]2C[C@@H]2C)o1. The summed E-state index contributed by atoms with van der Waals surface area (Å²) in [6.07, 6.45) is 4.45. The van der Waals surface area contributed by atoms with Gasteiger partial charge in [0.1, 0.15) is 11.5 Å². The molecule has 3 rings (SSSR count). The lowest BCUT2D eigenvalue weighted by Crippen LogP contribution is -2.10. The molecule has 0 radical (unpaired) electrons. The van der Waals surface area contributed by atoms with Crippen molar-refractivity contribution >= 4 is 17.7 Å². The Morgan fingerprint density at radius 3 is 2.70 bits per heavy atom. The third-order valence-corrected chi connectivity index (χ3v) is 4.36. The molecule has 3 nitrogen and oxygen atoms in total. The highest BCUT2D eigenvalue weighted by Gasteiger charge is 2.36. The number of rotatable bonds is 5. The van der Waals surface area contributed by atoms with Gasteiger partial charge in [0.15, 0.2) is 0 Å². The van der Waals surface area contributed by atoms with Crippen molar-refractivity contribution in [3.8, 4) is 0 Å². The molecule has 2 aromatic rings. The first-order valence-electron chi connectivity index (χ1n) is 8.22. The fourth-order valence-corrected chi connectivity index (χ4v) is 2.82. The Balaban J connectivity index is 1.64. The van der Waals surface area contributed by atoms with Gasteiger partial charge in [0.2, 0.25) is 5.91 Å². The number of nitrogens with one attached hydrogen (secondary N) is 1. The van der Waals surface area contributed by atoms with Crippen molar-refractivity contribution < 1.29 is 9.21 Å². The van der Waals surface area contributed by atoms with E-state index in [9.17, 15) is 4.79 Å². The molecule has 0 bridgehead atoms. The summed E-state index contributed by atoms with van der Waals surface area (Å²) in [4.78, 5) is 12.1. The first-order chi connectivity index (χ1) is 11.0. The maximum absolute atomic E-state index is 12.1. The van der Waals surface area contributed by atoms with E-state index in [0.29, 0.717) is 17.8 Å². The number of hydrogen-bond donors (Lipinski definition) is 1. The van der Waals surface area contributed by atoms with E-state index in [1.807, 2.05) is 36.4 Å². The van der Waals surface area contributed by atoms with Crippen molar-refractivity contribution in [2.45, 2.75) is 39.0 Å². The van der Waals surface area contributed by atoms with Crippen LogP contribution in [0.4, 0.5) is 5.69 Å². The Morgan fingerprint density at radius 1 is 1.26 bits per heavy atom. The van der Waals surface area contributed by atoms with Crippen molar-refractivity contribution in [2.75, 3.05) is 5.32 Å². The highest BCUT2D eigenvalue weighted by Crippen LogP contribution is 2.47. The molecule has 1 N–H and O–H groups in total. The lowest BCUT2D eigenvalue weighted by atomic mass is 10.0. The monoisotopic (exact) mass is 309 g/mol. The summed E-state index contributed by atoms with van der Waals surface area (Å²) in [5.41, 5.74) is 2.00. The summed E-state index contributed by atoms with van der Waals surface area (Å²) in [6.45, 7) is 6.45. The van der Waals surface area contributed by atoms with Gasteiger partial charge in [0.25, 0.3) is 0 Å². The van der Waals surface area contributed by atoms with Crippen LogP contribution in [0.15, 0.2) is 46.9 Å². The Morgan fingerprint density at radius 2 is 2.00 bits per heavy atom. The van der Waals surface area contributed by atoms with Gasteiger partial charge in [-0.3, -0.25) is 4.79 Å². The molecule has 0 aliphatic heterocycles. The molecule has 1 fully saturated rings. The van der Waals surface area contributed by atoms with Crippen LogP contribution in [0.1, 0.15) is 56.1 Å². The zero-order chi connectivity index (χ0) is 16.4. The van der Waals surface area contributed by atoms with Crippen LogP contribution in [-0.4, -0.2) is 5.91 Å². The van der Waals surface area contributed by atoms with Gasteiger partial charge in [-0.05, 0) is 48.1 Å². The minimum Gasteiger partial charge on any atom is -0.461 e. The van der Waals surface area contributed by atoms with E-state index in [1.54, 1.807) is 6.08 Å². The maximum atomic E-state index is 12.1. The first kappa shape index (κ1) is 15.6. The molecule has 120 valence electrons. The predicted octanol–water partition coefficient (Wildman–Crippen LogP) is 5.18. The standard InChI is InChI=1S/C20H23NO2/c1-13(2)16-6-4-5-7-18(16)21-20(22)11-9-15-8-10-19(23-15)17-12-14(17)3/h4-11,13-14,17H,12H2,1-3H3,(H,21,22)/b11-9+/t14-,17-/m0/s1. The van der Waals surface area contributed by atoms with Gasteiger partial charge in [-0.1, -0.05) is 39.0 Å². The number of anilines is 1. The zero-order valence-electron chi connectivity index (χ0n) is 13.9. The van der Waals surface area contributed by atoms with Crippen LogP contribution in [-0.2, 0) is 4.79 Å². The van der Waals surface area contributed by atoms with E-state index in [0.717, 1.165) is 22.8 Å². The van der Waals surface area contributed by atoms with Crippen molar-refractivity contribution in [2.24, 2.45) is 5.92 Å². The summed E-state index contributed by atoms with van der Waals surface area (Å²) >= 11 is 0. The molecule has 1 heterocycles. The minimum atomic E-state index is -0.143. The van der Waals surface area contributed by atoms with E-state index in [4.69, 9.17) is 4.42 Å². The third-order valence-electron chi connectivity index (χ3n) is 4.36. The van der Waals surface area contributed by atoms with Gasteiger partial charge < -0.3 is 9.73 Å². The predicted molar refractivity (Wildman–Crippen MR) is 93.4 cm³/mol. The number of carbonyl (C=O) groups excluding carboxylic acids is 1. The van der Waals surface area contributed by atoms with Gasteiger partial charge in [0, 0.05) is 17.7 Å². The molecule has 3 heteroatoms. The highest BCUT2D eigenvalue weighted by molar-refractivity contribution is 6.02. The van der Waals surface area contributed by atoms with Crippen molar-refractivity contribution in [3.63, 3.8) is 0 Å². The van der Waals surface area contributed by atoms with Gasteiger partial charge in [-0.25, -0.2) is 0 Å². The number of carbonyl (C=O) groups is 1. The van der Waals surface area contributed by atoms with Crippen LogP contribution in [0.5, 0.6) is 0 Å². The summed E-state index contributed by atoms with van der Waals surface area (Å²) in [5.74, 6) is 3.26. The van der Waals surface area contributed by atoms with Crippen molar-refractivity contribution in [1.82, 2.24) is 0 Å². The second-order valence-electron chi connectivity index (χ2n) is 6.62. The van der Waals surface area contributed by atoms with Crippen LogP contribution in [0.2, 0.25) is 0 Å². The quantitative estimate of drug-likeness (QED) is 0.773. The van der Waals surface area contributed by atoms with Crippen molar-refractivity contribution in [3.05, 3.63) is 59.6 Å². The minimum absolute atomic E-state index is 0.143. The van der Waals surface area contributed by atoms with Gasteiger partial charge in [0.05, 0.1) is 0 Å². The lowest BCUT2D eigenvalue weighted by Gasteiger charge is -2.12. The molecular formula is C20H23NO2. The molecular weight excluding hydrogens is 286 g/mol. The molecule has 1 aliphatic rings. The summed E-state index contributed by atoms with van der Waals surface area (Å²) in [7, 11) is 0. The summed E-state index contributed by atoms with van der Waals surface area (Å²) in [5, 5.41) is 2.94. The molecule has 0 spiro atoms. The van der Waals surface area contributed by atoms with Crippen LogP contribution in [0, 0.1) is 5.92 Å². The lowest BCUT2D eigenvalue weighted by molar-refractivity contribution is -0.111. The van der Waals surface area contributed by atoms with E-state index < -0.39 is 0 Å². The fourth-order valence-electron chi connectivity index (χ4n) is 2.82. The van der Waals surface area contributed by atoms with Crippen LogP contribution in [0.3, 0.4) is 0 Å². The third kappa shape index (κ3) is 3.73. The number of benzene rings is 1. The Hall–Kier alpha value is -2.29. The Kier molecular flexibility index (Phi) is 4.37. The molecule has 1 amide bonds. The smallest absolute Gasteiger partial charge is 0.248 e. The normalized spacial score (nSPS) is 20.2.